The second-order valence-corrected chi connectivity index (χ2v) is 6.07. The van der Waals surface area contributed by atoms with E-state index in [2.05, 4.69) is 4.74 Å². The summed E-state index contributed by atoms with van der Waals surface area (Å²) in [6.45, 7) is -0.425. The zero-order valence-corrected chi connectivity index (χ0v) is 15.3. The van der Waals surface area contributed by atoms with Crippen molar-refractivity contribution in [1.29, 1.82) is 0 Å². The fourth-order valence-corrected chi connectivity index (χ4v) is 2.28. The summed E-state index contributed by atoms with van der Waals surface area (Å²) < 4.78 is 88.2. The molecule has 0 aliphatic carbocycles. The van der Waals surface area contributed by atoms with Crippen LogP contribution in [0.4, 0.5) is 26.3 Å². The van der Waals surface area contributed by atoms with Gasteiger partial charge in [0.05, 0.1) is 12.2 Å². The average molecular weight is 434 g/mol. The van der Waals surface area contributed by atoms with Crippen LogP contribution in [-0.4, -0.2) is 23.9 Å². The molecule has 0 amide bonds. The van der Waals surface area contributed by atoms with E-state index in [1.807, 2.05) is 0 Å². The maximum atomic E-state index is 14.3. The molecular weight excluding hydrogens is 418 g/mol. The summed E-state index contributed by atoms with van der Waals surface area (Å²) in [5, 5.41) is 8.55. The fraction of sp³-hybridized carbons (Fsp3) is 0.250. The molecule has 0 radical (unpaired) electrons. The first kappa shape index (κ1) is 23.1. The second kappa shape index (κ2) is 9.55. The van der Waals surface area contributed by atoms with Gasteiger partial charge < -0.3 is 14.6 Å². The Morgan fingerprint density at radius 1 is 1.03 bits per heavy atom. The summed E-state index contributed by atoms with van der Waals surface area (Å²) in [6, 6.07) is 7.27. The van der Waals surface area contributed by atoms with Gasteiger partial charge in [0.1, 0.15) is 5.75 Å². The summed E-state index contributed by atoms with van der Waals surface area (Å²) in [6.07, 6.45) is -7.65. The van der Waals surface area contributed by atoms with E-state index in [0.717, 1.165) is 18.2 Å². The van der Waals surface area contributed by atoms with Gasteiger partial charge in [-0.1, -0.05) is 12.1 Å². The molecule has 2 aromatic carbocycles. The van der Waals surface area contributed by atoms with Crippen molar-refractivity contribution >= 4 is 12.0 Å². The molecule has 0 heterocycles. The Kier molecular flexibility index (Phi) is 7.36. The third-order valence-corrected chi connectivity index (χ3v) is 3.67. The molecule has 0 bridgehead atoms. The molecule has 0 aromatic heterocycles. The normalized spacial score (nSPS) is 12.2. The number of hydrogen-bond donors (Lipinski definition) is 1. The molecule has 0 aliphatic rings. The third-order valence-electron chi connectivity index (χ3n) is 3.67. The van der Waals surface area contributed by atoms with E-state index in [0.29, 0.717) is 11.6 Å². The van der Waals surface area contributed by atoms with E-state index in [4.69, 9.17) is 9.84 Å². The quantitative estimate of drug-likeness (QED) is 0.309. The van der Waals surface area contributed by atoms with E-state index >= 15 is 0 Å². The highest BCUT2D eigenvalue weighted by molar-refractivity contribution is 5.85. The topological polar surface area (TPSA) is 55.8 Å². The third kappa shape index (κ3) is 7.34. The molecule has 30 heavy (non-hydrogen) atoms. The highest BCUT2D eigenvalue weighted by Crippen LogP contribution is 2.34. The number of benzene rings is 2. The van der Waals surface area contributed by atoms with Gasteiger partial charge in [-0.05, 0) is 48.4 Å². The first-order chi connectivity index (χ1) is 14.0. The molecule has 0 spiro atoms. The summed E-state index contributed by atoms with van der Waals surface area (Å²) in [5.74, 6) is -3.04. The molecule has 0 saturated carbocycles. The van der Waals surface area contributed by atoms with Crippen molar-refractivity contribution in [3.63, 3.8) is 0 Å². The minimum absolute atomic E-state index is 0.250. The van der Waals surface area contributed by atoms with Crippen LogP contribution in [-0.2, 0) is 10.9 Å². The van der Waals surface area contributed by atoms with Crippen molar-refractivity contribution in [2.24, 2.45) is 0 Å². The maximum Gasteiger partial charge on any atom is 0.426 e. The van der Waals surface area contributed by atoms with Crippen LogP contribution in [0.5, 0.6) is 11.5 Å². The summed E-state index contributed by atoms with van der Waals surface area (Å²) >= 11 is 0. The number of carbonyl (C=O) groups is 1. The van der Waals surface area contributed by atoms with Gasteiger partial charge in [-0.15, -0.1) is 0 Å². The Morgan fingerprint density at radius 2 is 1.70 bits per heavy atom. The van der Waals surface area contributed by atoms with Gasteiger partial charge in [0, 0.05) is 12.5 Å². The van der Waals surface area contributed by atoms with E-state index in [1.165, 1.54) is 30.3 Å². The summed E-state index contributed by atoms with van der Waals surface area (Å²) in [7, 11) is 0. The lowest BCUT2D eigenvalue weighted by Gasteiger charge is -2.19. The van der Waals surface area contributed by atoms with Crippen molar-refractivity contribution < 1.29 is 45.7 Å². The Morgan fingerprint density at radius 3 is 2.27 bits per heavy atom. The van der Waals surface area contributed by atoms with E-state index in [-0.39, 0.29) is 5.75 Å². The monoisotopic (exact) mass is 434 g/mol. The number of ether oxygens (including phenoxy) is 2. The summed E-state index contributed by atoms with van der Waals surface area (Å²) in [5.41, 5.74) is -0.386. The zero-order valence-electron chi connectivity index (χ0n) is 15.3. The lowest BCUT2D eigenvalue weighted by atomic mass is 10.2. The molecule has 0 fully saturated rings. The Labute approximate surface area is 167 Å². The van der Waals surface area contributed by atoms with Crippen LogP contribution in [0, 0.1) is 5.82 Å². The van der Waals surface area contributed by atoms with Crippen LogP contribution in [0.25, 0.3) is 6.08 Å². The van der Waals surface area contributed by atoms with Gasteiger partial charge in [0.2, 0.25) is 0 Å². The molecule has 2 rings (SSSR count). The largest absolute Gasteiger partial charge is 0.491 e. The van der Waals surface area contributed by atoms with E-state index in [9.17, 15) is 31.1 Å². The lowest BCUT2D eigenvalue weighted by Crippen LogP contribution is -2.22. The van der Waals surface area contributed by atoms with Gasteiger partial charge in [-0.3, -0.25) is 0 Å². The van der Waals surface area contributed by atoms with Crippen LogP contribution in [0.3, 0.4) is 0 Å². The number of alkyl halides is 5. The van der Waals surface area contributed by atoms with Gasteiger partial charge >= 0.3 is 18.3 Å². The van der Waals surface area contributed by atoms with Crippen molar-refractivity contribution in [3.8, 4) is 11.5 Å². The number of carboxylic acid groups (broad SMARTS) is 1. The molecule has 0 atom stereocenters. The molecule has 10 heteroatoms. The Hall–Kier alpha value is -3.17. The lowest BCUT2D eigenvalue weighted by molar-refractivity contribution is -0.185. The predicted octanol–water partition coefficient (Wildman–Crippen LogP) is 5.77. The average Bonchev–Trinajstić information content (AvgIpc) is 2.64. The molecule has 162 valence electrons. The molecule has 0 unspecified atom stereocenters. The molecular formula is C20H16F6O4. The van der Waals surface area contributed by atoms with E-state index in [1.54, 1.807) is 0 Å². The van der Waals surface area contributed by atoms with Crippen molar-refractivity contribution in [2.45, 2.75) is 25.1 Å². The molecule has 1 N–H and O–H groups in total. The van der Waals surface area contributed by atoms with Crippen LogP contribution < -0.4 is 9.47 Å². The molecule has 0 aliphatic heterocycles. The standard InChI is InChI=1S/C20H16F6O4/c21-16-12-14(5-8-17(16)29-11-1-10-19(22,23)24)20(25,26)30-15-6-2-13(3-7-15)4-9-18(27)28/h2-9,12H,1,10-11H2,(H,27,28)/b9-4+. The molecule has 4 nitrogen and oxygen atoms in total. The number of rotatable bonds is 9. The minimum atomic E-state index is -4.37. The predicted molar refractivity (Wildman–Crippen MR) is 94.8 cm³/mol. The smallest absolute Gasteiger partial charge is 0.426 e. The van der Waals surface area contributed by atoms with E-state index < -0.39 is 54.8 Å². The number of hydrogen-bond acceptors (Lipinski definition) is 3. The zero-order chi connectivity index (χ0) is 22.4. The van der Waals surface area contributed by atoms with Crippen LogP contribution in [0.15, 0.2) is 48.5 Å². The Bertz CT molecular complexity index is 891. The van der Waals surface area contributed by atoms with Crippen molar-refractivity contribution in [1.82, 2.24) is 0 Å². The first-order valence-electron chi connectivity index (χ1n) is 8.54. The summed E-state index contributed by atoms with van der Waals surface area (Å²) in [4.78, 5) is 10.5. The molecule has 2 aromatic rings. The number of carboxylic acids is 1. The molecule has 0 saturated heterocycles. The second-order valence-electron chi connectivity index (χ2n) is 6.07. The first-order valence-corrected chi connectivity index (χ1v) is 8.54. The highest BCUT2D eigenvalue weighted by atomic mass is 19.4. The van der Waals surface area contributed by atoms with Gasteiger partial charge in [0.25, 0.3) is 0 Å². The van der Waals surface area contributed by atoms with Crippen LogP contribution in [0.1, 0.15) is 24.0 Å². The SMILES string of the molecule is O=C(O)/C=C/c1ccc(OC(F)(F)c2ccc(OCCCC(F)(F)F)c(F)c2)cc1. The maximum absolute atomic E-state index is 14.3. The van der Waals surface area contributed by atoms with Crippen LogP contribution in [0.2, 0.25) is 0 Å². The number of halogens is 6. The Balaban J connectivity index is 2.01. The van der Waals surface area contributed by atoms with Gasteiger partial charge in [-0.2, -0.15) is 22.0 Å². The van der Waals surface area contributed by atoms with Gasteiger partial charge in [0.15, 0.2) is 11.6 Å². The number of aliphatic carboxylic acids is 1. The van der Waals surface area contributed by atoms with Crippen LogP contribution >= 0.6 is 0 Å². The fourth-order valence-electron chi connectivity index (χ4n) is 2.28. The minimum Gasteiger partial charge on any atom is -0.491 e. The highest BCUT2D eigenvalue weighted by Gasteiger charge is 2.35. The van der Waals surface area contributed by atoms with Crippen molar-refractivity contribution in [2.75, 3.05) is 6.61 Å². The van der Waals surface area contributed by atoms with Gasteiger partial charge in [-0.25, -0.2) is 9.18 Å². The van der Waals surface area contributed by atoms with Crippen molar-refractivity contribution in [3.05, 3.63) is 65.5 Å².